The first-order valence-electron chi connectivity index (χ1n) is 4.54. The fourth-order valence-corrected chi connectivity index (χ4v) is 0.924. The number of hydrogen-bond acceptors (Lipinski definition) is 6. The molecule has 96 valence electrons. The van der Waals surface area contributed by atoms with Gasteiger partial charge in [-0.2, -0.15) is 0 Å². The van der Waals surface area contributed by atoms with Crippen molar-refractivity contribution in [1.29, 1.82) is 0 Å². The molecule has 1 atom stereocenters. The highest BCUT2D eigenvalue weighted by molar-refractivity contribution is 5.88. The van der Waals surface area contributed by atoms with E-state index in [0.717, 1.165) is 6.26 Å². The highest BCUT2D eigenvalue weighted by atomic mass is 16.5. The van der Waals surface area contributed by atoms with Crippen LogP contribution in [0.15, 0.2) is 12.3 Å². The maximum atomic E-state index is 11.1. The second-order valence-corrected chi connectivity index (χ2v) is 3.18. The lowest BCUT2D eigenvalue weighted by Crippen LogP contribution is -2.42. The molecule has 0 aromatic rings. The molecule has 0 aromatic carbocycles. The molecule has 0 radical (unpaired) electrons. The molecule has 0 spiro atoms. The number of ether oxygens (including phenoxy) is 1. The zero-order valence-corrected chi connectivity index (χ0v) is 8.83. The van der Waals surface area contributed by atoms with E-state index in [0.29, 0.717) is 0 Å². The Morgan fingerprint density at radius 2 is 1.82 bits per heavy atom. The van der Waals surface area contributed by atoms with Gasteiger partial charge in [-0.1, -0.05) is 0 Å². The average molecular weight is 247 g/mol. The average Bonchev–Trinajstić information content (AvgIpc) is 2.16. The Balaban J connectivity index is 4.54. The van der Waals surface area contributed by atoms with E-state index in [-0.39, 0.29) is 6.54 Å². The maximum absolute atomic E-state index is 11.1. The Bertz CT molecular complexity index is 338. The molecule has 8 heteroatoms. The van der Waals surface area contributed by atoms with Crippen molar-refractivity contribution in [1.82, 2.24) is 0 Å². The summed E-state index contributed by atoms with van der Waals surface area (Å²) in [6.07, 6.45) is 0.155. The van der Waals surface area contributed by atoms with Gasteiger partial charge in [0.25, 0.3) is 0 Å². The molecule has 8 nitrogen and oxygen atoms in total. The van der Waals surface area contributed by atoms with Crippen LogP contribution in [-0.2, 0) is 19.1 Å². The maximum Gasteiger partial charge on any atom is 0.336 e. The van der Waals surface area contributed by atoms with Crippen LogP contribution < -0.4 is 5.73 Å². The lowest BCUT2D eigenvalue weighted by molar-refractivity contribution is -0.170. The van der Waals surface area contributed by atoms with Gasteiger partial charge in [0.1, 0.15) is 0 Å². The van der Waals surface area contributed by atoms with Crippen LogP contribution in [0, 0.1) is 0 Å². The highest BCUT2D eigenvalue weighted by Crippen LogP contribution is 2.17. The molecule has 0 aliphatic heterocycles. The fourth-order valence-electron chi connectivity index (χ4n) is 0.924. The lowest BCUT2D eigenvalue weighted by atomic mass is 9.96. The number of nitrogens with two attached hydrogens (primary N) is 1. The van der Waals surface area contributed by atoms with Crippen LogP contribution >= 0.6 is 0 Å². The van der Waals surface area contributed by atoms with Crippen molar-refractivity contribution in [3.05, 3.63) is 12.3 Å². The van der Waals surface area contributed by atoms with Crippen molar-refractivity contribution in [3.8, 4) is 0 Å². The predicted molar refractivity (Wildman–Crippen MR) is 53.7 cm³/mol. The largest absolute Gasteiger partial charge is 0.481 e. The number of carbonyl (C=O) groups is 3. The molecule has 0 rings (SSSR count). The normalized spacial score (nSPS) is 14.2. The summed E-state index contributed by atoms with van der Waals surface area (Å²) in [4.78, 5) is 32.1. The minimum atomic E-state index is -2.68. The third-order valence-corrected chi connectivity index (χ3v) is 1.71. The number of aliphatic hydroxyl groups is 1. The Morgan fingerprint density at radius 1 is 1.24 bits per heavy atom. The van der Waals surface area contributed by atoms with Crippen molar-refractivity contribution in [2.24, 2.45) is 5.73 Å². The Kier molecular flexibility index (Phi) is 5.86. The Labute approximate surface area is 96.3 Å². The zero-order chi connectivity index (χ0) is 13.5. The van der Waals surface area contributed by atoms with Crippen LogP contribution in [0.25, 0.3) is 0 Å². The van der Waals surface area contributed by atoms with E-state index in [2.05, 4.69) is 4.74 Å². The molecule has 0 saturated carbocycles. The summed E-state index contributed by atoms with van der Waals surface area (Å²) in [5.74, 6) is -4.42. The molecule has 1 unspecified atom stereocenters. The minimum absolute atomic E-state index is 0.117. The van der Waals surface area contributed by atoms with Gasteiger partial charge in [-0.15, -0.1) is 0 Å². The van der Waals surface area contributed by atoms with E-state index in [1.165, 1.54) is 6.08 Å². The van der Waals surface area contributed by atoms with Gasteiger partial charge in [0.05, 0.1) is 19.1 Å². The van der Waals surface area contributed by atoms with Crippen LogP contribution in [0.5, 0.6) is 0 Å². The molecule has 0 aromatic heterocycles. The van der Waals surface area contributed by atoms with E-state index in [1.807, 2.05) is 0 Å². The van der Waals surface area contributed by atoms with E-state index in [4.69, 9.17) is 15.9 Å². The molecular weight excluding hydrogens is 234 g/mol. The summed E-state index contributed by atoms with van der Waals surface area (Å²) >= 11 is 0. The molecule has 0 heterocycles. The summed E-state index contributed by atoms with van der Waals surface area (Å²) in [6.45, 7) is 0.117. The second-order valence-electron chi connectivity index (χ2n) is 3.18. The van der Waals surface area contributed by atoms with Gasteiger partial charge in [0.15, 0.2) is 5.60 Å². The monoisotopic (exact) mass is 247 g/mol. The SMILES string of the molecule is NCC=COC(=O)CC(O)(CC(=O)O)C(=O)O. The van der Waals surface area contributed by atoms with Crippen molar-refractivity contribution in [2.45, 2.75) is 18.4 Å². The van der Waals surface area contributed by atoms with Crippen LogP contribution in [0.2, 0.25) is 0 Å². The van der Waals surface area contributed by atoms with Gasteiger partial charge < -0.3 is 25.8 Å². The number of rotatable bonds is 7. The molecule has 0 bridgehead atoms. The van der Waals surface area contributed by atoms with E-state index in [9.17, 15) is 19.5 Å². The molecule has 5 N–H and O–H groups in total. The Hall–Kier alpha value is -1.93. The first kappa shape index (κ1) is 15.1. The molecule has 0 aliphatic rings. The van der Waals surface area contributed by atoms with Gasteiger partial charge in [0, 0.05) is 6.54 Å². The number of carboxylic acids is 2. The molecule has 0 amide bonds. The van der Waals surface area contributed by atoms with Gasteiger partial charge in [-0.3, -0.25) is 9.59 Å². The van der Waals surface area contributed by atoms with Crippen molar-refractivity contribution in [3.63, 3.8) is 0 Å². The third kappa shape index (κ3) is 5.64. The minimum Gasteiger partial charge on any atom is -0.481 e. The summed E-state index contributed by atoms with van der Waals surface area (Å²) in [5.41, 5.74) is 2.38. The van der Waals surface area contributed by atoms with Crippen LogP contribution in [0.4, 0.5) is 0 Å². The second kappa shape index (κ2) is 6.61. The van der Waals surface area contributed by atoms with Crippen molar-refractivity contribution in [2.75, 3.05) is 6.54 Å². The van der Waals surface area contributed by atoms with E-state index < -0.39 is 36.4 Å². The number of esters is 1. The molecule has 17 heavy (non-hydrogen) atoms. The van der Waals surface area contributed by atoms with Crippen LogP contribution in [-0.4, -0.2) is 45.4 Å². The first-order valence-corrected chi connectivity index (χ1v) is 4.54. The quantitative estimate of drug-likeness (QED) is 0.320. The standard InChI is InChI=1S/C9H13NO7/c10-2-1-3-17-7(13)5-9(16,8(14)15)4-6(11)12/h1,3,16H,2,4-5,10H2,(H,11,12)(H,14,15). The van der Waals surface area contributed by atoms with Gasteiger partial charge in [0.2, 0.25) is 0 Å². The number of carboxylic acid groups (broad SMARTS) is 2. The van der Waals surface area contributed by atoms with Gasteiger partial charge >= 0.3 is 17.9 Å². The topological polar surface area (TPSA) is 147 Å². The van der Waals surface area contributed by atoms with Gasteiger partial charge in [-0.25, -0.2) is 4.79 Å². The number of aliphatic carboxylic acids is 2. The smallest absolute Gasteiger partial charge is 0.336 e. The lowest BCUT2D eigenvalue weighted by Gasteiger charge is -2.19. The van der Waals surface area contributed by atoms with Crippen LogP contribution in [0.1, 0.15) is 12.8 Å². The molecular formula is C9H13NO7. The summed E-state index contributed by atoms with van der Waals surface area (Å²) in [5, 5.41) is 26.5. The third-order valence-electron chi connectivity index (χ3n) is 1.71. The summed E-state index contributed by atoms with van der Waals surface area (Å²) in [7, 11) is 0. The molecule has 0 fully saturated rings. The molecule has 0 aliphatic carbocycles. The number of carbonyl (C=O) groups excluding carboxylic acids is 1. The predicted octanol–water partition coefficient (Wildman–Crippen LogP) is -1.32. The highest BCUT2D eigenvalue weighted by Gasteiger charge is 2.41. The van der Waals surface area contributed by atoms with Crippen molar-refractivity contribution >= 4 is 17.9 Å². The van der Waals surface area contributed by atoms with Crippen molar-refractivity contribution < 1.29 is 34.4 Å². The van der Waals surface area contributed by atoms with E-state index >= 15 is 0 Å². The first-order chi connectivity index (χ1) is 7.81. The Morgan fingerprint density at radius 3 is 2.24 bits per heavy atom. The summed E-state index contributed by atoms with van der Waals surface area (Å²) < 4.78 is 4.39. The zero-order valence-electron chi connectivity index (χ0n) is 8.83. The van der Waals surface area contributed by atoms with E-state index in [1.54, 1.807) is 0 Å². The molecule has 0 saturated heterocycles. The van der Waals surface area contributed by atoms with Gasteiger partial charge in [-0.05, 0) is 6.08 Å². The summed E-state index contributed by atoms with van der Waals surface area (Å²) in [6, 6.07) is 0. The number of hydrogen-bond donors (Lipinski definition) is 4. The van der Waals surface area contributed by atoms with Crippen LogP contribution in [0.3, 0.4) is 0 Å². The fraction of sp³-hybridized carbons (Fsp3) is 0.444.